The minimum atomic E-state index is -0.789. The minimum Gasteiger partial charge on any atom is -0.452 e. The van der Waals surface area contributed by atoms with Gasteiger partial charge in [0.15, 0.2) is 5.76 Å². The molecule has 21 heavy (non-hydrogen) atoms. The average Bonchev–Trinajstić information content (AvgIpc) is 2.73. The molecular formula is C17H12F2O2. The maximum absolute atomic E-state index is 13.2. The van der Waals surface area contributed by atoms with E-state index in [-0.39, 0.29) is 11.3 Å². The van der Waals surface area contributed by atoms with Crippen LogP contribution in [-0.2, 0) is 0 Å². The summed E-state index contributed by atoms with van der Waals surface area (Å²) in [5.74, 6) is -1.99. The van der Waals surface area contributed by atoms with Crippen LogP contribution in [0.4, 0.5) is 8.78 Å². The first kappa shape index (κ1) is 13.5. The van der Waals surface area contributed by atoms with Crippen molar-refractivity contribution >= 4 is 16.8 Å². The molecule has 0 radical (unpaired) electrons. The summed E-state index contributed by atoms with van der Waals surface area (Å²) in [6, 6.07) is 8.34. The Morgan fingerprint density at radius 1 is 1.00 bits per heavy atom. The third-order valence-electron chi connectivity index (χ3n) is 3.42. The van der Waals surface area contributed by atoms with Crippen molar-refractivity contribution in [2.45, 2.75) is 13.8 Å². The van der Waals surface area contributed by atoms with Gasteiger partial charge in [0.25, 0.3) is 0 Å². The zero-order valence-electron chi connectivity index (χ0n) is 11.5. The molecule has 4 heteroatoms. The molecule has 0 spiro atoms. The summed E-state index contributed by atoms with van der Waals surface area (Å²) < 4.78 is 32.1. The number of ketones is 1. The van der Waals surface area contributed by atoms with E-state index in [2.05, 4.69) is 0 Å². The minimum absolute atomic E-state index is 0.0635. The number of hydrogen-bond acceptors (Lipinski definition) is 2. The number of hydrogen-bond donors (Lipinski definition) is 0. The third kappa shape index (κ3) is 2.33. The van der Waals surface area contributed by atoms with Crippen LogP contribution in [0, 0.1) is 25.5 Å². The van der Waals surface area contributed by atoms with Gasteiger partial charge in [-0.05, 0) is 37.6 Å². The van der Waals surface area contributed by atoms with Crippen molar-refractivity contribution in [1.82, 2.24) is 0 Å². The summed E-state index contributed by atoms with van der Waals surface area (Å²) in [6.07, 6.45) is 0. The van der Waals surface area contributed by atoms with Crippen molar-refractivity contribution in [1.29, 1.82) is 0 Å². The molecule has 0 fully saturated rings. The van der Waals surface area contributed by atoms with Crippen LogP contribution in [-0.4, -0.2) is 5.78 Å². The van der Waals surface area contributed by atoms with Crippen LogP contribution < -0.4 is 0 Å². The molecule has 3 rings (SSSR count). The van der Waals surface area contributed by atoms with Gasteiger partial charge in [-0.2, -0.15) is 0 Å². The molecule has 2 aromatic carbocycles. The standard InChI is InChI=1S/C17H12F2O2/c1-9-3-4-14-10(2)17(21-15(14)5-9)16(20)11-6-12(18)8-13(19)7-11/h3-8H,1-2H3. The van der Waals surface area contributed by atoms with Gasteiger partial charge in [-0.25, -0.2) is 8.78 Å². The zero-order chi connectivity index (χ0) is 15.1. The average molecular weight is 286 g/mol. The first-order valence-electron chi connectivity index (χ1n) is 6.46. The number of benzene rings is 2. The third-order valence-corrected chi connectivity index (χ3v) is 3.42. The SMILES string of the molecule is Cc1ccc2c(C)c(C(=O)c3cc(F)cc(F)c3)oc2c1. The molecule has 2 nitrogen and oxygen atoms in total. The molecule has 1 heterocycles. The molecular weight excluding hydrogens is 274 g/mol. The summed E-state index contributed by atoms with van der Waals surface area (Å²) in [4.78, 5) is 12.4. The van der Waals surface area contributed by atoms with Crippen molar-refractivity contribution in [2.24, 2.45) is 0 Å². The van der Waals surface area contributed by atoms with Gasteiger partial charge in [0.2, 0.25) is 5.78 Å². The van der Waals surface area contributed by atoms with Crippen molar-refractivity contribution in [3.63, 3.8) is 0 Å². The quantitative estimate of drug-likeness (QED) is 0.646. The lowest BCUT2D eigenvalue weighted by molar-refractivity contribution is 0.101. The van der Waals surface area contributed by atoms with Crippen LogP contribution >= 0.6 is 0 Å². The summed E-state index contributed by atoms with van der Waals surface area (Å²) in [5, 5.41) is 0.820. The number of aryl methyl sites for hydroxylation is 2. The van der Waals surface area contributed by atoms with E-state index in [0.717, 1.165) is 29.1 Å². The Kier molecular flexibility index (Phi) is 3.09. The number of furan rings is 1. The maximum Gasteiger partial charge on any atom is 0.228 e. The Hall–Kier alpha value is -2.49. The molecule has 106 valence electrons. The van der Waals surface area contributed by atoms with Gasteiger partial charge in [-0.1, -0.05) is 12.1 Å². The fourth-order valence-electron chi connectivity index (χ4n) is 2.37. The first-order valence-corrected chi connectivity index (χ1v) is 6.46. The lowest BCUT2D eigenvalue weighted by Gasteiger charge is -2.00. The Balaban J connectivity index is 2.15. The normalized spacial score (nSPS) is 11.0. The molecule has 0 aliphatic heterocycles. The van der Waals surface area contributed by atoms with Crippen LogP contribution in [0.3, 0.4) is 0 Å². The Labute approximate surface area is 120 Å². The molecule has 0 aliphatic rings. The van der Waals surface area contributed by atoms with Gasteiger partial charge < -0.3 is 4.42 Å². The van der Waals surface area contributed by atoms with E-state index < -0.39 is 17.4 Å². The number of carbonyl (C=O) groups is 1. The van der Waals surface area contributed by atoms with Crippen LogP contribution in [0.2, 0.25) is 0 Å². The van der Waals surface area contributed by atoms with Crippen molar-refractivity contribution < 1.29 is 18.0 Å². The Morgan fingerprint density at radius 2 is 1.67 bits per heavy atom. The Bertz CT molecular complexity index is 842. The summed E-state index contributed by atoms with van der Waals surface area (Å²) in [7, 11) is 0. The van der Waals surface area contributed by atoms with Gasteiger partial charge in [0.1, 0.15) is 17.2 Å². The van der Waals surface area contributed by atoms with Gasteiger partial charge in [-0.3, -0.25) is 4.79 Å². The molecule has 0 unspecified atom stereocenters. The van der Waals surface area contributed by atoms with E-state index >= 15 is 0 Å². The monoisotopic (exact) mass is 286 g/mol. The number of rotatable bonds is 2. The highest BCUT2D eigenvalue weighted by Crippen LogP contribution is 2.28. The van der Waals surface area contributed by atoms with Gasteiger partial charge in [0, 0.05) is 22.6 Å². The fourth-order valence-corrected chi connectivity index (χ4v) is 2.37. The molecule has 0 N–H and O–H groups in total. The van der Waals surface area contributed by atoms with Crippen LogP contribution in [0.25, 0.3) is 11.0 Å². The number of halogens is 2. The molecule has 1 aromatic heterocycles. The van der Waals surface area contributed by atoms with Gasteiger partial charge >= 0.3 is 0 Å². The van der Waals surface area contributed by atoms with E-state index in [0.29, 0.717) is 11.1 Å². The fraction of sp³-hybridized carbons (Fsp3) is 0.118. The molecule has 0 bridgehead atoms. The highest BCUT2D eigenvalue weighted by molar-refractivity contribution is 6.10. The number of fused-ring (bicyclic) bond motifs is 1. The topological polar surface area (TPSA) is 30.2 Å². The lowest BCUT2D eigenvalue weighted by Crippen LogP contribution is -2.03. The van der Waals surface area contributed by atoms with E-state index in [1.54, 1.807) is 6.92 Å². The predicted molar refractivity (Wildman–Crippen MR) is 75.5 cm³/mol. The summed E-state index contributed by atoms with van der Waals surface area (Å²) >= 11 is 0. The Morgan fingerprint density at radius 3 is 2.33 bits per heavy atom. The lowest BCUT2D eigenvalue weighted by atomic mass is 10.0. The second-order valence-electron chi connectivity index (χ2n) is 5.04. The summed E-state index contributed by atoms with van der Waals surface area (Å²) in [6.45, 7) is 3.67. The van der Waals surface area contributed by atoms with E-state index in [1.165, 1.54) is 0 Å². The predicted octanol–water partition coefficient (Wildman–Crippen LogP) is 4.56. The smallest absolute Gasteiger partial charge is 0.228 e. The molecule has 0 atom stereocenters. The van der Waals surface area contributed by atoms with Crippen molar-refractivity contribution in [3.8, 4) is 0 Å². The zero-order valence-corrected chi connectivity index (χ0v) is 11.5. The highest BCUT2D eigenvalue weighted by Gasteiger charge is 2.20. The first-order chi connectivity index (χ1) is 9.95. The van der Waals surface area contributed by atoms with E-state index in [9.17, 15) is 13.6 Å². The van der Waals surface area contributed by atoms with Crippen LogP contribution in [0.1, 0.15) is 27.2 Å². The van der Waals surface area contributed by atoms with Crippen molar-refractivity contribution in [3.05, 3.63) is 70.5 Å². The van der Waals surface area contributed by atoms with Crippen LogP contribution in [0.5, 0.6) is 0 Å². The maximum atomic E-state index is 13.2. The second-order valence-corrected chi connectivity index (χ2v) is 5.04. The van der Waals surface area contributed by atoms with Gasteiger partial charge in [-0.15, -0.1) is 0 Å². The summed E-state index contributed by atoms with van der Waals surface area (Å²) in [5.41, 5.74) is 2.20. The molecule has 0 aliphatic carbocycles. The van der Waals surface area contributed by atoms with E-state index in [1.807, 2.05) is 25.1 Å². The van der Waals surface area contributed by atoms with Gasteiger partial charge in [0.05, 0.1) is 0 Å². The van der Waals surface area contributed by atoms with Crippen LogP contribution in [0.15, 0.2) is 40.8 Å². The second kappa shape index (κ2) is 4.81. The van der Waals surface area contributed by atoms with E-state index in [4.69, 9.17) is 4.42 Å². The molecule has 0 amide bonds. The number of carbonyl (C=O) groups excluding carboxylic acids is 1. The molecule has 3 aromatic rings. The molecule has 0 saturated heterocycles. The highest BCUT2D eigenvalue weighted by atomic mass is 19.1. The largest absolute Gasteiger partial charge is 0.452 e. The molecule has 0 saturated carbocycles. The van der Waals surface area contributed by atoms with Crippen molar-refractivity contribution in [2.75, 3.05) is 0 Å².